The van der Waals surface area contributed by atoms with Crippen molar-refractivity contribution in [2.45, 2.75) is 39.5 Å². The van der Waals surface area contributed by atoms with E-state index in [0.29, 0.717) is 5.92 Å². The van der Waals surface area contributed by atoms with E-state index in [1.807, 2.05) is 18.2 Å². The number of aryl methyl sites for hydroxylation is 1. The Balaban J connectivity index is 2.22. The van der Waals surface area contributed by atoms with Gasteiger partial charge in [0.15, 0.2) is 5.58 Å². The largest absolute Gasteiger partial charge is 0.355 e. The standard InChI is InChI=1S/C19H21NO/c1-4-8-16-15(13(2)3)11-12-17-18(20-21-19(16)17)14-9-6-5-7-10-14/h5-7,9-13H,4,8H2,1-3H3. The summed E-state index contributed by atoms with van der Waals surface area (Å²) in [4.78, 5) is 0. The molecule has 0 aliphatic carbocycles. The second kappa shape index (κ2) is 5.72. The number of aromatic nitrogens is 1. The zero-order chi connectivity index (χ0) is 14.8. The first-order valence-corrected chi connectivity index (χ1v) is 7.69. The fourth-order valence-electron chi connectivity index (χ4n) is 2.93. The van der Waals surface area contributed by atoms with Crippen LogP contribution in [0.25, 0.3) is 22.2 Å². The molecular formula is C19H21NO. The van der Waals surface area contributed by atoms with E-state index >= 15 is 0 Å². The van der Waals surface area contributed by atoms with E-state index in [1.54, 1.807) is 0 Å². The highest BCUT2D eigenvalue weighted by Crippen LogP contribution is 2.34. The van der Waals surface area contributed by atoms with E-state index in [4.69, 9.17) is 4.52 Å². The number of hydrogen-bond donors (Lipinski definition) is 0. The lowest BCUT2D eigenvalue weighted by Crippen LogP contribution is -1.96. The normalized spacial score (nSPS) is 11.4. The van der Waals surface area contributed by atoms with E-state index < -0.39 is 0 Å². The van der Waals surface area contributed by atoms with Gasteiger partial charge < -0.3 is 4.52 Å². The molecule has 0 saturated carbocycles. The van der Waals surface area contributed by atoms with Crippen molar-refractivity contribution in [2.24, 2.45) is 0 Å². The quantitative estimate of drug-likeness (QED) is 0.624. The highest BCUT2D eigenvalue weighted by Gasteiger charge is 2.17. The third kappa shape index (κ3) is 2.46. The molecule has 0 radical (unpaired) electrons. The Labute approximate surface area is 125 Å². The van der Waals surface area contributed by atoms with Crippen LogP contribution < -0.4 is 0 Å². The van der Waals surface area contributed by atoms with Crippen molar-refractivity contribution in [3.8, 4) is 11.3 Å². The van der Waals surface area contributed by atoms with Crippen LogP contribution >= 0.6 is 0 Å². The second-order valence-corrected chi connectivity index (χ2v) is 5.81. The maximum absolute atomic E-state index is 5.73. The van der Waals surface area contributed by atoms with E-state index in [2.05, 4.69) is 50.2 Å². The van der Waals surface area contributed by atoms with E-state index in [9.17, 15) is 0 Å². The van der Waals surface area contributed by atoms with Crippen LogP contribution in [0.3, 0.4) is 0 Å². The number of benzene rings is 2. The minimum atomic E-state index is 0.501. The fraction of sp³-hybridized carbons (Fsp3) is 0.316. The highest BCUT2D eigenvalue weighted by atomic mass is 16.5. The van der Waals surface area contributed by atoms with Crippen LogP contribution in [0, 0.1) is 0 Å². The molecule has 0 fully saturated rings. The maximum atomic E-state index is 5.73. The molecule has 21 heavy (non-hydrogen) atoms. The Hall–Kier alpha value is -2.09. The molecular weight excluding hydrogens is 258 g/mol. The van der Waals surface area contributed by atoms with E-state index in [1.165, 1.54) is 11.1 Å². The molecule has 0 aliphatic rings. The van der Waals surface area contributed by atoms with Gasteiger partial charge in [0.2, 0.25) is 0 Å². The van der Waals surface area contributed by atoms with Gasteiger partial charge in [0.05, 0.1) is 5.39 Å². The highest BCUT2D eigenvalue weighted by molar-refractivity contribution is 5.93. The van der Waals surface area contributed by atoms with Gasteiger partial charge >= 0.3 is 0 Å². The Morgan fingerprint density at radius 3 is 2.48 bits per heavy atom. The molecule has 0 amide bonds. The number of fused-ring (bicyclic) bond motifs is 1. The van der Waals surface area contributed by atoms with Crippen molar-refractivity contribution in [3.63, 3.8) is 0 Å². The molecule has 2 heteroatoms. The Bertz CT molecular complexity index is 741. The zero-order valence-corrected chi connectivity index (χ0v) is 12.9. The predicted molar refractivity (Wildman–Crippen MR) is 87.5 cm³/mol. The summed E-state index contributed by atoms with van der Waals surface area (Å²) in [5.74, 6) is 0.501. The van der Waals surface area contributed by atoms with Crippen LogP contribution in [-0.2, 0) is 6.42 Å². The van der Waals surface area contributed by atoms with Crippen molar-refractivity contribution in [3.05, 3.63) is 53.6 Å². The van der Waals surface area contributed by atoms with E-state index in [0.717, 1.165) is 35.1 Å². The molecule has 0 spiro atoms. The lowest BCUT2D eigenvalue weighted by molar-refractivity contribution is 0.456. The summed E-state index contributed by atoms with van der Waals surface area (Å²) in [5.41, 5.74) is 5.70. The SMILES string of the molecule is CCCc1c(C(C)C)ccc2c(-c3ccccc3)noc12. The summed E-state index contributed by atoms with van der Waals surface area (Å²) in [5, 5.41) is 5.45. The monoisotopic (exact) mass is 279 g/mol. The summed E-state index contributed by atoms with van der Waals surface area (Å²) in [6.45, 7) is 6.67. The van der Waals surface area contributed by atoms with Crippen molar-refractivity contribution in [2.75, 3.05) is 0 Å². The molecule has 0 saturated heterocycles. The van der Waals surface area contributed by atoms with Gasteiger partial charge in [0.1, 0.15) is 5.69 Å². The van der Waals surface area contributed by atoms with Crippen LogP contribution in [0.4, 0.5) is 0 Å². The van der Waals surface area contributed by atoms with Crippen LogP contribution in [0.1, 0.15) is 44.2 Å². The average Bonchev–Trinajstić information content (AvgIpc) is 2.93. The average molecular weight is 279 g/mol. The lowest BCUT2D eigenvalue weighted by Gasteiger charge is -2.12. The van der Waals surface area contributed by atoms with Gasteiger partial charge in [0, 0.05) is 11.1 Å². The maximum Gasteiger partial charge on any atom is 0.170 e. The summed E-state index contributed by atoms with van der Waals surface area (Å²) in [7, 11) is 0. The molecule has 0 atom stereocenters. The zero-order valence-electron chi connectivity index (χ0n) is 12.9. The Morgan fingerprint density at radius 2 is 1.81 bits per heavy atom. The molecule has 0 N–H and O–H groups in total. The number of rotatable bonds is 4. The molecule has 2 aromatic carbocycles. The molecule has 1 aromatic heterocycles. The summed E-state index contributed by atoms with van der Waals surface area (Å²) in [6, 6.07) is 14.6. The van der Waals surface area contributed by atoms with Gasteiger partial charge in [-0.05, 0) is 24.0 Å². The topological polar surface area (TPSA) is 26.0 Å². The lowest BCUT2D eigenvalue weighted by atomic mass is 9.92. The van der Waals surface area contributed by atoms with Crippen molar-refractivity contribution in [1.29, 1.82) is 0 Å². The van der Waals surface area contributed by atoms with Crippen molar-refractivity contribution in [1.82, 2.24) is 5.16 Å². The van der Waals surface area contributed by atoms with Crippen LogP contribution in [0.15, 0.2) is 47.0 Å². The minimum absolute atomic E-state index is 0.501. The van der Waals surface area contributed by atoms with Crippen LogP contribution in [0.5, 0.6) is 0 Å². The third-order valence-electron chi connectivity index (χ3n) is 3.95. The first-order chi connectivity index (χ1) is 10.2. The molecule has 1 heterocycles. The molecule has 3 rings (SSSR count). The van der Waals surface area contributed by atoms with Crippen molar-refractivity contribution < 1.29 is 4.52 Å². The first kappa shape index (κ1) is 13.9. The van der Waals surface area contributed by atoms with Gasteiger partial charge in [-0.3, -0.25) is 0 Å². The van der Waals surface area contributed by atoms with Crippen molar-refractivity contribution >= 4 is 11.0 Å². The molecule has 0 aliphatic heterocycles. The Morgan fingerprint density at radius 1 is 1.05 bits per heavy atom. The van der Waals surface area contributed by atoms with Crippen LogP contribution in [0.2, 0.25) is 0 Å². The molecule has 0 bridgehead atoms. The summed E-state index contributed by atoms with van der Waals surface area (Å²) in [6.07, 6.45) is 2.15. The fourth-order valence-corrected chi connectivity index (χ4v) is 2.93. The minimum Gasteiger partial charge on any atom is -0.355 e. The van der Waals surface area contributed by atoms with Gasteiger partial charge in [-0.2, -0.15) is 0 Å². The van der Waals surface area contributed by atoms with E-state index in [-0.39, 0.29) is 0 Å². The van der Waals surface area contributed by atoms with Gasteiger partial charge in [-0.1, -0.05) is 68.7 Å². The van der Waals surface area contributed by atoms with Gasteiger partial charge in [0.25, 0.3) is 0 Å². The third-order valence-corrected chi connectivity index (χ3v) is 3.95. The molecule has 3 aromatic rings. The number of nitrogens with zero attached hydrogens (tertiary/aromatic N) is 1. The Kier molecular flexibility index (Phi) is 3.78. The van der Waals surface area contributed by atoms with Crippen LogP contribution in [-0.4, -0.2) is 5.16 Å². The summed E-state index contributed by atoms with van der Waals surface area (Å²) >= 11 is 0. The second-order valence-electron chi connectivity index (χ2n) is 5.81. The first-order valence-electron chi connectivity index (χ1n) is 7.69. The predicted octanol–water partition coefficient (Wildman–Crippen LogP) is 5.57. The summed E-state index contributed by atoms with van der Waals surface area (Å²) < 4.78 is 5.73. The number of hydrogen-bond acceptors (Lipinski definition) is 2. The smallest absolute Gasteiger partial charge is 0.170 e. The molecule has 2 nitrogen and oxygen atoms in total. The molecule has 108 valence electrons. The van der Waals surface area contributed by atoms with Gasteiger partial charge in [-0.15, -0.1) is 0 Å². The van der Waals surface area contributed by atoms with Gasteiger partial charge in [-0.25, -0.2) is 0 Å². The molecule has 0 unspecified atom stereocenters.